The van der Waals surface area contributed by atoms with Gasteiger partial charge < -0.3 is 14.8 Å². The molecule has 0 radical (unpaired) electrons. The molecule has 0 spiro atoms. The molecule has 0 bridgehead atoms. The molecule has 2 aliphatic heterocycles. The van der Waals surface area contributed by atoms with E-state index in [1.165, 1.54) is 0 Å². The standard InChI is InChI=1S/C20H26N4O2/c1-14-4-8-23(9-5-14)19(25)15-6-10-24(11-7-15)20(26)16-2-3-17-18(12-16)22-13-21-17/h2-3,12-15H,4-11H2,1H3,(H,21,22). The summed E-state index contributed by atoms with van der Waals surface area (Å²) in [6.07, 6.45) is 5.39. The van der Waals surface area contributed by atoms with Gasteiger partial charge in [-0.15, -0.1) is 0 Å². The quantitative estimate of drug-likeness (QED) is 0.901. The Bertz CT molecular complexity index is 799. The van der Waals surface area contributed by atoms with Crippen LogP contribution in [0.3, 0.4) is 0 Å². The Balaban J connectivity index is 1.35. The van der Waals surface area contributed by atoms with Crippen molar-refractivity contribution in [2.24, 2.45) is 11.8 Å². The zero-order chi connectivity index (χ0) is 18.1. The lowest BCUT2D eigenvalue weighted by molar-refractivity contribution is -0.138. The molecule has 2 saturated heterocycles. The number of hydrogen-bond acceptors (Lipinski definition) is 3. The molecule has 26 heavy (non-hydrogen) atoms. The number of aromatic amines is 1. The van der Waals surface area contributed by atoms with Crippen molar-refractivity contribution in [2.45, 2.75) is 32.6 Å². The summed E-state index contributed by atoms with van der Waals surface area (Å²) in [5, 5.41) is 0. The molecule has 2 amide bonds. The first-order valence-electron chi connectivity index (χ1n) is 9.63. The molecule has 2 fully saturated rings. The van der Waals surface area contributed by atoms with Crippen molar-refractivity contribution in [3.8, 4) is 0 Å². The normalized spacial score (nSPS) is 19.9. The van der Waals surface area contributed by atoms with Gasteiger partial charge >= 0.3 is 0 Å². The number of hydrogen-bond donors (Lipinski definition) is 1. The van der Waals surface area contributed by atoms with Gasteiger partial charge in [0.15, 0.2) is 0 Å². The van der Waals surface area contributed by atoms with Crippen LogP contribution in [0.4, 0.5) is 0 Å². The highest BCUT2D eigenvalue weighted by Crippen LogP contribution is 2.24. The lowest BCUT2D eigenvalue weighted by Gasteiger charge is -2.36. The number of carbonyl (C=O) groups is 2. The zero-order valence-electron chi connectivity index (χ0n) is 15.3. The van der Waals surface area contributed by atoms with E-state index in [9.17, 15) is 9.59 Å². The van der Waals surface area contributed by atoms with E-state index in [1.54, 1.807) is 6.33 Å². The third-order valence-electron chi connectivity index (χ3n) is 5.89. The van der Waals surface area contributed by atoms with Crippen LogP contribution in [-0.4, -0.2) is 57.8 Å². The number of nitrogens with zero attached hydrogens (tertiary/aromatic N) is 3. The Morgan fingerprint density at radius 1 is 1.04 bits per heavy atom. The smallest absolute Gasteiger partial charge is 0.253 e. The molecule has 0 saturated carbocycles. The van der Waals surface area contributed by atoms with Crippen molar-refractivity contribution in [1.29, 1.82) is 0 Å². The topological polar surface area (TPSA) is 69.3 Å². The number of fused-ring (bicyclic) bond motifs is 1. The summed E-state index contributed by atoms with van der Waals surface area (Å²) in [4.78, 5) is 36.7. The second-order valence-corrected chi connectivity index (χ2v) is 7.71. The molecule has 0 aliphatic carbocycles. The van der Waals surface area contributed by atoms with Gasteiger partial charge in [0.25, 0.3) is 5.91 Å². The van der Waals surface area contributed by atoms with Crippen molar-refractivity contribution in [3.05, 3.63) is 30.1 Å². The maximum atomic E-state index is 12.8. The summed E-state index contributed by atoms with van der Waals surface area (Å²) in [5.41, 5.74) is 2.42. The predicted molar refractivity (Wildman–Crippen MR) is 99.7 cm³/mol. The highest BCUT2D eigenvalue weighted by Gasteiger charge is 2.31. The molecular weight excluding hydrogens is 328 g/mol. The summed E-state index contributed by atoms with van der Waals surface area (Å²) in [6.45, 7) is 5.35. The number of likely N-dealkylation sites (tertiary alicyclic amines) is 2. The van der Waals surface area contributed by atoms with Crippen LogP contribution in [0, 0.1) is 11.8 Å². The Kier molecular flexibility index (Phi) is 4.66. The third kappa shape index (κ3) is 3.32. The lowest BCUT2D eigenvalue weighted by Crippen LogP contribution is -2.46. The fourth-order valence-electron chi connectivity index (χ4n) is 4.07. The molecule has 2 aromatic rings. The predicted octanol–water partition coefficient (Wildman–Crippen LogP) is 2.67. The maximum Gasteiger partial charge on any atom is 0.253 e. The summed E-state index contributed by atoms with van der Waals surface area (Å²) in [7, 11) is 0. The Labute approximate surface area is 153 Å². The lowest BCUT2D eigenvalue weighted by atomic mass is 9.92. The number of nitrogens with one attached hydrogen (secondary N) is 1. The van der Waals surface area contributed by atoms with Crippen molar-refractivity contribution in [3.63, 3.8) is 0 Å². The molecule has 1 N–H and O–H groups in total. The number of H-pyrrole nitrogens is 1. The van der Waals surface area contributed by atoms with E-state index in [-0.39, 0.29) is 11.8 Å². The van der Waals surface area contributed by atoms with Gasteiger partial charge in [0.2, 0.25) is 5.91 Å². The first kappa shape index (κ1) is 17.1. The molecule has 3 heterocycles. The molecule has 0 atom stereocenters. The van der Waals surface area contributed by atoms with E-state index < -0.39 is 0 Å². The van der Waals surface area contributed by atoms with E-state index in [0.717, 1.165) is 55.7 Å². The molecule has 0 unspecified atom stereocenters. The molecule has 138 valence electrons. The average molecular weight is 354 g/mol. The monoisotopic (exact) mass is 354 g/mol. The number of rotatable bonds is 2. The largest absolute Gasteiger partial charge is 0.345 e. The van der Waals surface area contributed by atoms with Gasteiger partial charge in [-0.2, -0.15) is 0 Å². The van der Waals surface area contributed by atoms with Crippen molar-refractivity contribution in [1.82, 2.24) is 19.8 Å². The van der Waals surface area contributed by atoms with Crippen LogP contribution < -0.4 is 0 Å². The number of amides is 2. The molecule has 1 aromatic carbocycles. The van der Waals surface area contributed by atoms with Gasteiger partial charge in [0.1, 0.15) is 0 Å². The number of piperidine rings is 2. The van der Waals surface area contributed by atoms with Gasteiger partial charge in [-0.1, -0.05) is 6.92 Å². The van der Waals surface area contributed by atoms with E-state index in [4.69, 9.17) is 0 Å². The fraction of sp³-hybridized carbons (Fsp3) is 0.550. The minimum Gasteiger partial charge on any atom is -0.345 e. The van der Waals surface area contributed by atoms with Gasteiger partial charge in [-0.05, 0) is 49.8 Å². The Morgan fingerprint density at radius 3 is 2.46 bits per heavy atom. The fourth-order valence-corrected chi connectivity index (χ4v) is 4.07. The maximum absolute atomic E-state index is 12.8. The highest BCUT2D eigenvalue weighted by molar-refractivity contribution is 5.97. The number of imidazole rings is 1. The Hall–Kier alpha value is -2.37. The third-order valence-corrected chi connectivity index (χ3v) is 5.89. The molecule has 1 aromatic heterocycles. The van der Waals surface area contributed by atoms with E-state index in [2.05, 4.69) is 16.9 Å². The van der Waals surface area contributed by atoms with Crippen LogP contribution in [0.2, 0.25) is 0 Å². The van der Waals surface area contributed by atoms with Gasteiger partial charge in [-0.25, -0.2) is 4.98 Å². The summed E-state index contributed by atoms with van der Waals surface area (Å²) >= 11 is 0. The molecule has 4 rings (SSSR count). The Morgan fingerprint density at radius 2 is 1.73 bits per heavy atom. The first-order chi connectivity index (χ1) is 12.6. The van der Waals surface area contributed by atoms with Gasteiger partial charge in [0.05, 0.1) is 17.4 Å². The van der Waals surface area contributed by atoms with Gasteiger partial charge in [0, 0.05) is 37.7 Å². The number of aromatic nitrogens is 2. The van der Waals surface area contributed by atoms with Crippen LogP contribution in [0.5, 0.6) is 0 Å². The van der Waals surface area contributed by atoms with Gasteiger partial charge in [-0.3, -0.25) is 9.59 Å². The van der Waals surface area contributed by atoms with E-state index >= 15 is 0 Å². The van der Waals surface area contributed by atoms with E-state index in [1.807, 2.05) is 28.0 Å². The second-order valence-electron chi connectivity index (χ2n) is 7.71. The average Bonchev–Trinajstić information content (AvgIpc) is 3.15. The van der Waals surface area contributed by atoms with Crippen LogP contribution in [-0.2, 0) is 4.79 Å². The van der Waals surface area contributed by atoms with Crippen LogP contribution in [0.25, 0.3) is 11.0 Å². The molecule has 2 aliphatic rings. The number of carbonyl (C=O) groups excluding carboxylic acids is 2. The minimum absolute atomic E-state index is 0.0409. The molecule has 6 nitrogen and oxygen atoms in total. The molecular formula is C20H26N4O2. The summed E-state index contributed by atoms with van der Waals surface area (Å²) in [6, 6.07) is 5.56. The SMILES string of the molecule is CC1CCN(C(=O)C2CCN(C(=O)c3ccc4nc[nH]c4c3)CC2)CC1. The zero-order valence-corrected chi connectivity index (χ0v) is 15.3. The highest BCUT2D eigenvalue weighted by atomic mass is 16.2. The van der Waals surface area contributed by atoms with E-state index in [0.29, 0.717) is 24.6 Å². The van der Waals surface area contributed by atoms with Crippen LogP contribution in [0.1, 0.15) is 43.0 Å². The number of benzene rings is 1. The first-order valence-corrected chi connectivity index (χ1v) is 9.63. The van der Waals surface area contributed by atoms with Crippen molar-refractivity contribution in [2.75, 3.05) is 26.2 Å². The summed E-state index contributed by atoms with van der Waals surface area (Å²) in [5.74, 6) is 1.13. The minimum atomic E-state index is 0.0409. The van der Waals surface area contributed by atoms with Crippen molar-refractivity contribution >= 4 is 22.8 Å². The van der Waals surface area contributed by atoms with Crippen LogP contribution in [0.15, 0.2) is 24.5 Å². The van der Waals surface area contributed by atoms with Crippen molar-refractivity contribution < 1.29 is 9.59 Å². The summed E-state index contributed by atoms with van der Waals surface area (Å²) < 4.78 is 0. The molecule has 6 heteroatoms. The van der Waals surface area contributed by atoms with Crippen LogP contribution >= 0.6 is 0 Å². The second kappa shape index (κ2) is 7.09.